The van der Waals surface area contributed by atoms with Crippen LogP contribution in [0.25, 0.3) is 0 Å². The van der Waals surface area contributed by atoms with Gasteiger partial charge in [-0.05, 0) is 36.6 Å². The summed E-state index contributed by atoms with van der Waals surface area (Å²) >= 11 is 0. The second kappa shape index (κ2) is 9.61. The highest BCUT2D eigenvalue weighted by Gasteiger charge is 2.13. The van der Waals surface area contributed by atoms with E-state index in [9.17, 15) is 4.79 Å². The molecule has 5 heteroatoms. The van der Waals surface area contributed by atoms with Crippen molar-refractivity contribution in [1.82, 2.24) is 0 Å². The van der Waals surface area contributed by atoms with Crippen LogP contribution < -0.4 is 10.1 Å². The van der Waals surface area contributed by atoms with Gasteiger partial charge < -0.3 is 14.8 Å². The number of benzene rings is 1. The number of carbonyl (C=O) groups is 1. The Morgan fingerprint density at radius 1 is 1.29 bits per heavy atom. The monoisotopic (exact) mass is 328 g/mol. The molecule has 1 N–H and O–H groups in total. The van der Waals surface area contributed by atoms with Crippen molar-refractivity contribution in [2.24, 2.45) is 5.92 Å². The molecule has 1 saturated carbocycles. The van der Waals surface area contributed by atoms with Gasteiger partial charge in [0.05, 0.1) is 13.7 Å². The molecule has 1 aromatic carbocycles. The number of esters is 1. The first kappa shape index (κ1) is 17.9. The fraction of sp³-hybridized carbons (Fsp3) is 0.474. The molecule has 1 aliphatic rings. The third kappa shape index (κ3) is 5.62. The fourth-order valence-corrected chi connectivity index (χ4v) is 2.87. The van der Waals surface area contributed by atoms with Gasteiger partial charge in [0.2, 0.25) is 0 Å². The third-order valence-electron chi connectivity index (χ3n) is 4.28. The maximum Gasteiger partial charge on any atom is 0.350 e. The van der Waals surface area contributed by atoms with E-state index in [0.717, 1.165) is 30.4 Å². The largest absolute Gasteiger partial charge is 0.494 e. The summed E-state index contributed by atoms with van der Waals surface area (Å²) in [6, 6.07) is 9.24. The van der Waals surface area contributed by atoms with Crippen molar-refractivity contribution in [3.63, 3.8) is 0 Å². The summed E-state index contributed by atoms with van der Waals surface area (Å²) in [7, 11) is 1.24. The first-order chi connectivity index (χ1) is 11.7. The summed E-state index contributed by atoms with van der Waals surface area (Å²) in [6.45, 7) is 0.748. The number of methoxy groups -OCH3 is 1. The Kier molecular flexibility index (Phi) is 7.16. The molecule has 0 saturated heterocycles. The van der Waals surface area contributed by atoms with Crippen molar-refractivity contribution in [1.29, 1.82) is 5.26 Å². The number of rotatable bonds is 7. The normalized spacial score (nSPS) is 15.4. The molecule has 0 amide bonds. The van der Waals surface area contributed by atoms with Crippen LogP contribution in [0.15, 0.2) is 36.0 Å². The molecule has 1 fully saturated rings. The highest BCUT2D eigenvalue weighted by Crippen LogP contribution is 2.26. The van der Waals surface area contributed by atoms with E-state index in [-0.39, 0.29) is 5.57 Å². The minimum absolute atomic E-state index is 0.0784. The summed E-state index contributed by atoms with van der Waals surface area (Å²) < 4.78 is 10.3. The van der Waals surface area contributed by atoms with Crippen LogP contribution in [0, 0.1) is 17.2 Å². The van der Waals surface area contributed by atoms with Gasteiger partial charge in [0, 0.05) is 11.9 Å². The van der Waals surface area contributed by atoms with Crippen molar-refractivity contribution in [2.75, 3.05) is 19.0 Å². The van der Waals surface area contributed by atoms with E-state index in [1.807, 2.05) is 24.3 Å². The Morgan fingerprint density at radius 2 is 2.00 bits per heavy atom. The van der Waals surface area contributed by atoms with Gasteiger partial charge in [-0.2, -0.15) is 5.26 Å². The van der Waals surface area contributed by atoms with Gasteiger partial charge in [0.15, 0.2) is 5.57 Å². The van der Waals surface area contributed by atoms with Crippen molar-refractivity contribution in [2.45, 2.75) is 38.5 Å². The standard InChI is InChI=1S/C19H24N2O3/c1-23-19(22)16(13-20)14-21-17-7-9-18(10-8-17)24-12-11-15-5-3-2-4-6-15/h7-10,14-15,21H,2-6,11-12H2,1H3/b16-14+. The van der Waals surface area contributed by atoms with E-state index in [2.05, 4.69) is 10.1 Å². The molecule has 1 aliphatic carbocycles. The van der Waals surface area contributed by atoms with Gasteiger partial charge in [-0.3, -0.25) is 0 Å². The lowest BCUT2D eigenvalue weighted by Gasteiger charge is -2.21. The van der Waals surface area contributed by atoms with Crippen LogP contribution in [0.4, 0.5) is 5.69 Å². The molecule has 0 atom stereocenters. The second-order valence-electron chi connectivity index (χ2n) is 5.97. The summed E-state index contributed by atoms with van der Waals surface area (Å²) in [5, 5.41) is 11.8. The van der Waals surface area contributed by atoms with Crippen molar-refractivity contribution in [3.8, 4) is 11.8 Å². The minimum Gasteiger partial charge on any atom is -0.494 e. The summed E-state index contributed by atoms with van der Waals surface area (Å²) in [4.78, 5) is 11.3. The zero-order chi connectivity index (χ0) is 17.2. The number of nitrogens with zero attached hydrogens (tertiary/aromatic N) is 1. The molecule has 1 aromatic rings. The zero-order valence-corrected chi connectivity index (χ0v) is 14.1. The first-order valence-corrected chi connectivity index (χ1v) is 8.41. The Bertz CT molecular complexity index is 596. The van der Waals surface area contributed by atoms with Crippen molar-refractivity contribution in [3.05, 3.63) is 36.0 Å². The molecule has 2 rings (SSSR count). The van der Waals surface area contributed by atoms with Crippen LogP contribution in [0.1, 0.15) is 38.5 Å². The van der Waals surface area contributed by atoms with E-state index in [4.69, 9.17) is 10.00 Å². The lowest BCUT2D eigenvalue weighted by molar-refractivity contribution is -0.135. The lowest BCUT2D eigenvalue weighted by Crippen LogP contribution is -2.10. The first-order valence-electron chi connectivity index (χ1n) is 8.41. The van der Waals surface area contributed by atoms with E-state index in [1.54, 1.807) is 6.07 Å². The van der Waals surface area contributed by atoms with Gasteiger partial charge in [-0.15, -0.1) is 0 Å². The molecule has 0 spiro atoms. The van der Waals surface area contributed by atoms with E-state index in [1.165, 1.54) is 45.4 Å². The number of carbonyl (C=O) groups excluding carboxylic acids is 1. The Labute approximate surface area is 143 Å². The van der Waals surface area contributed by atoms with Crippen molar-refractivity contribution >= 4 is 11.7 Å². The van der Waals surface area contributed by atoms with Crippen molar-refractivity contribution < 1.29 is 14.3 Å². The van der Waals surface area contributed by atoms with Gasteiger partial charge in [0.25, 0.3) is 0 Å². The average molecular weight is 328 g/mol. The number of hydrogen-bond donors (Lipinski definition) is 1. The number of hydrogen-bond acceptors (Lipinski definition) is 5. The predicted octanol–water partition coefficient (Wildman–Crippen LogP) is 4.03. The van der Waals surface area contributed by atoms with E-state index >= 15 is 0 Å². The molecule has 0 unspecified atom stereocenters. The maximum atomic E-state index is 11.3. The summed E-state index contributed by atoms with van der Waals surface area (Å²) in [5.74, 6) is 0.981. The molecule has 5 nitrogen and oxygen atoms in total. The van der Waals surface area contributed by atoms with Crippen LogP contribution in [0.2, 0.25) is 0 Å². The van der Waals surface area contributed by atoms with Crippen LogP contribution in [-0.2, 0) is 9.53 Å². The molecule has 24 heavy (non-hydrogen) atoms. The van der Waals surface area contributed by atoms with Crippen LogP contribution >= 0.6 is 0 Å². The lowest BCUT2D eigenvalue weighted by atomic mass is 9.87. The second-order valence-corrected chi connectivity index (χ2v) is 5.97. The molecule has 0 radical (unpaired) electrons. The SMILES string of the molecule is COC(=O)/C(C#N)=C/Nc1ccc(OCCC2CCCCC2)cc1. The Morgan fingerprint density at radius 3 is 2.62 bits per heavy atom. The number of nitrogens with one attached hydrogen (secondary N) is 1. The quantitative estimate of drug-likeness (QED) is 0.465. The predicted molar refractivity (Wildman–Crippen MR) is 92.5 cm³/mol. The summed E-state index contributed by atoms with van der Waals surface area (Å²) in [6.07, 6.45) is 9.21. The van der Waals surface area contributed by atoms with Crippen LogP contribution in [-0.4, -0.2) is 19.7 Å². The van der Waals surface area contributed by atoms with Crippen LogP contribution in [0.3, 0.4) is 0 Å². The molecule has 0 heterocycles. The highest BCUT2D eigenvalue weighted by molar-refractivity contribution is 5.92. The molecule has 0 aliphatic heterocycles. The Hall–Kier alpha value is -2.48. The van der Waals surface area contributed by atoms with Gasteiger partial charge in [-0.1, -0.05) is 32.1 Å². The van der Waals surface area contributed by atoms with Gasteiger partial charge in [0.1, 0.15) is 11.8 Å². The molecule has 128 valence electrons. The van der Waals surface area contributed by atoms with Gasteiger partial charge in [-0.25, -0.2) is 4.79 Å². The van der Waals surface area contributed by atoms with E-state index in [0.29, 0.717) is 0 Å². The maximum absolute atomic E-state index is 11.3. The number of nitriles is 1. The smallest absolute Gasteiger partial charge is 0.350 e. The molecule has 0 bridgehead atoms. The molecular formula is C19H24N2O3. The topological polar surface area (TPSA) is 71.4 Å². The average Bonchev–Trinajstić information content (AvgIpc) is 2.64. The Balaban J connectivity index is 1.79. The zero-order valence-electron chi connectivity index (χ0n) is 14.1. The number of ether oxygens (including phenoxy) is 2. The van der Waals surface area contributed by atoms with Gasteiger partial charge >= 0.3 is 5.97 Å². The third-order valence-corrected chi connectivity index (χ3v) is 4.28. The fourth-order valence-electron chi connectivity index (χ4n) is 2.87. The highest BCUT2D eigenvalue weighted by atomic mass is 16.5. The molecular weight excluding hydrogens is 304 g/mol. The minimum atomic E-state index is -0.660. The van der Waals surface area contributed by atoms with Crippen LogP contribution in [0.5, 0.6) is 5.75 Å². The van der Waals surface area contributed by atoms with E-state index < -0.39 is 5.97 Å². The summed E-state index contributed by atoms with van der Waals surface area (Å²) in [5.41, 5.74) is 0.691. The molecule has 0 aromatic heterocycles. The number of anilines is 1.